The number of anilines is 1. The molecule has 29 heavy (non-hydrogen) atoms. The van der Waals surface area contributed by atoms with Crippen LogP contribution < -0.4 is 10.1 Å². The maximum Gasteiger partial charge on any atom is 0.398 e. The predicted octanol–water partition coefficient (Wildman–Crippen LogP) is 4.86. The Labute approximate surface area is 168 Å². The number of hydrogen-bond donors (Lipinski definition) is 1. The van der Waals surface area contributed by atoms with Gasteiger partial charge in [-0.1, -0.05) is 17.3 Å². The third-order valence-corrected chi connectivity index (χ3v) is 4.72. The van der Waals surface area contributed by atoms with Crippen LogP contribution in [-0.4, -0.2) is 28.0 Å². The number of benzene rings is 2. The van der Waals surface area contributed by atoms with Gasteiger partial charge in [-0.3, -0.25) is 4.79 Å². The Morgan fingerprint density at radius 2 is 1.90 bits per heavy atom. The molecule has 0 radical (unpaired) electrons. The number of para-hydroxylation sites is 1. The Bertz CT molecular complexity index is 975. The highest BCUT2D eigenvalue weighted by Crippen LogP contribution is 2.32. The summed E-state index contributed by atoms with van der Waals surface area (Å²) in [6, 6.07) is 12.7. The van der Waals surface area contributed by atoms with Gasteiger partial charge >= 0.3 is 6.18 Å². The van der Waals surface area contributed by atoms with Crippen molar-refractivity contribution in [3.8, 4) is 5.75 Å². The minimum Gasteiger partial charge on any atom is -0.485 e. The summed E-state index contributed by atoms with van der Waals surface area (Å²) in [5.41, 5.74) is 0.655. The summed E-state index contributed by atoms with van der Waals surface area (Å²) in [7, 11) is 0. The molecule has 0 saturated carbocycles. The maximum absolute atomic E-state index is 12.5. The molecule has 0 aliphatic rings. The van der Waals surface area contributed by atoms with Crippen LogP contribution in [0.4, 0.5) is 18.9 Å². The second-order valence-corrected chi connectivity index (χ2v) is 6.91. The fraction of sp³-hybridized carbons (Fsp3) is 0.211. The van der Waals surface area contributed by atoms with E-state index in [0.717, 1.165) is 0 Å². The molecule has 0 fully saturated rings. The van der Waals surface area contributed by atoms with E-state index in [1.54, 1.807) is 49.4 Å². The van der Waals surface area contributed by atoms with Gasteiger partial charge in [-0.25, -0.2) is 0 Å². The van der Waals surface area contributed by atoms with Crippen molar-refractivity contribution in [1.29, 1.82) is 0 Å². The SMILES string of the molecule is Cc1nc(COc2ccc(C(=O)Nc3ccccc3SCC(F)(F)F)cc2)no1. The largest absolute Gasteiger partial charge is 0.485 e. The number of nitrogens with one attached hydrogen (secondary N) is 1. The molecular formula is C19H16F3N3O3S. The molecular weight excluding hydrogens is 407 g/mol. The predicted molar refractivity (Wildman–Crippen MR) is 101 cm³/mol. The summed E-state index contributed by atoms with van der Waals surface area (Å²) in [4.78, 5) is 16.8. The number of carbonyl (C=O) groups is 1. The first kappa shape index (κ1) is 20.7. The number of alkyl halides is 3. The molecule has 0 aliphatic carbocycles. The van der Waals surface area contributed by atoms with E-state index in [4.69, 9.17) is 9.26 Å². The standard InChI is InChI=1S/C19H16F3N3O3S/c1-12-23-17(25-28-12)10-27-14-8-6-13(7-9-14)18(26)24-15-4-2-3-5-16(15)29-11-19(20,21)22/h2-9H,10-11H2,1H3,(H,24,26). The van der Waals surface area contributed by atoms with Gasteiger partial charge in [-0.05, 0) is 36.4 Å². The van der Waals surface area contributed by atoms with Crippen LogP contribution in [0.3, 0.4) is 0 Å². The number of rotatable bonds is 7. The van der Waals surface area contributed by atoms with Gasteiger partial charge < -0.3 is 14.6 Å². The van der Waals surface area contributed by atoms with Crippen LogP contribution >= 0.6 is 11.8 Å². The van der Waals surface area contributed by atoms with Crippen LogP contribution in [0.2, 0.25) is 0 Å². The zero-order valence-corrected chi connectivity index (χ0v) is 16.0. The molecule has 1 aromatic heterocycles. The third-order valence-electron chi connectivity index (χ3n) is 3.58. The van der Waals surface area contributed by atoms with Crippen LogP contribution in [0.5, 0.6) is 5.75 Å². The number of halogens is 3. The first-order valence-electron chi connectivity index (χ1n) is 8.42. The zero-order chi connectivity index (χ0) is 20.9. The average Bonchev–Trinajstić information content (AvgIpc) is 3.10. The van der Waals surface area contributed by atoms with Crippen molar-refractivity contribution < 1.29 is 27.2 Å². The molecule has 0 aliphatic heterocycles. The number of aromatic nitrogens is 2. The van der Waals surface area contributed by atoms with Gasteiger partial charge in [0.25, 0.3) is 5.91 Å². The van der Waals surface area contributed by atoms with Crippen molar-refractivity contribution in [3.63, 3.8) is 0 Å². The highest BCUT2D eigenvalue weighted by Gasteiger charge is 2.27. The smallest absolute Gasteiger partial charge is 0.398 e. The number of ether oxygens (including phenoxy) is 1. The molecule has 1 heterocycles. The molecule has 0 atom stereocenters. The summed E-state index contributed by atoms with van der Waals surface area (Å²) >= 11 is 0.621. The summed E-state index contributed by atoms with van der Waals surface area (Å²) in [5.74, 6) is -0.136. The molecule has 1 N–H and O–H groups in total. The summed E-state index contributed by atoms with van der Waals surface area (Å²) in [6.07, 6.45) is -4.29. The Morgan fingerprint density at radius 3 is 2.55 bits per heavy atom. The summed E-state index contributed by atoms with van der Waals surface area (Å²) in [5, 5.41) is 6.36. The number of aryl methyl sites for hydroxylation is 1. The summed E-state index contributed by atoms with van der Waals surface area (Å²) in [6.45, 7) is 1.79. The van der Waals surface area contributed by atoms with Crippen molar-refractivity contribution in [2.75, 3.05) is 11.1 Å². The number of nitrogens with zero attached hydrogens (tertiary/aromatic N) is 2. The lowest BCUT2D eigenvalue weighted by Gasteiger charge is -2.12. The normalized spacial score (nSPS) is 11.3. The second kappa shape index (κ2) is 8.99. The van der Waals surface area contributed by atoms with Gasteiger partial charge in [0.15, 0.2) is 6.61 Å². The highest BCUT2D eigenvalue weighted by molar-refractivity contribution is 7.99. The third kappa shape index (κ3) is 6.24. The van der Waals surface area contributed by atoms with Gasteiger partial charge in [0.1, 0.15) is 5.75 Å². The molecule has 152 valence electrons. The summed E-state index contributed by atoms with van der Waals surface area (Å²) < 4.78 is 47.8. The lowest BCUT2D eigenvalue weighted by atomic mass is 10.2. The first-order valence-corrected chi connectivity index (χ1v) is 9.41. The van der Waals surface area contributed by atoms with Gasteiger partial charge in [-0.15, -0.1) is 11.8 Å². The Morgan fingerprint density at radius 1 is 1.17 bits per heavy atom. The van der Waals surface area contributed by atoms with Gasteiger partial charge in [0, 0.05) is 17.4 Å². The molecule has 6 nitrogen and oxygen atoms in total. The van der Waals surface area contributed by atoms with E-state index in [0.29, 0.717) is 45.4 Å². The van der Waals surface area contributed by atoms with E-state index >= 15 is 0 Å². The van der Waals surface area contributed by atoms with Crippen molar-refractivity contribution >= 4 is 23.4 Å². The number of thioether (sulfide) groups is 1. The monoisotopic (exact) mass is 423 g/mol. The van der Waals surface area contributed by atoms with Crippen molar-refractivity contribution in [2.45, 2.75) is 24.6 Å². The molecule has 0 unspecified atom stereocenters. The topological polar surface area (TPSA) is 77.2 Å². The first-order chi connectivity index (χ1) is 13.8. The highest BCUT2D eigenvalue weighted by atomic mass is 32.2. The number of amides is 1. The van der Waals surface area contributed by atoms with Crippen LogP contribution in [0, 0.1) is 6.92 Å². The molecule has 10 heteroatoms. The van der Waals surface area contributed by atoms with E-state index in [2.05, 4.69) is 15.5 Å². The van der Waals surface area contributed by atoms with Crippen LogP contribution in [0.15, 0.2) is 57.9 Å². The van der Waals surface area contributed by atoms with Gasteiger partial charge in [0.05, 0.1) is 11.4 Å². The quantitative estimate of drug-likeness (QED) is 0.547. The molecule has 3 rings (SSSR count). The minimum atomic E-state index is -4.29. The lowest BCUT2D eigenvalue weighted by Crippen LogP contribution is -2.14. The fourth-order valence-corrected chi connectivity index (χ4v) is 3.07. The Kier molecular flexibility index (Phi) is 6.42. The molecule has 1 amide bonds. The number of carbonyl (C=O) groups excluding carboxylic acids is 1. The van der Waals surface area contributed by atoms with E-state index in [-0.39, 0.29) is 6.61 Å². The molecule has 2 aromatic carbocycles. The lowest BCUT2D eigenvalue weighted by molar-refractivity contribution is -0.105. The average molecular weight is 423 g/mol. The second-order valence-electron chi connectivity index (χ2n) is 5.90. The fourth-order valence-electron chi connectivity index (χ4n) is 2.30. The molecule has 0 spiro atoms. The number of hydrogen-bond acceptors (Lipinski definition) is 6. The van der Waals surface area contributed by atoms with Gasteiger partial charge in [-0.2, -0.15) is 18.2 Å². The Hall–Kier alpha value is -3.01. The van der Waals surface area contributed by atoms with E-state index in [9.17, 15) is 18.0 Å². The van der Waals surface area contributed by atoms with Crippen LogP contribution in [-0.2, 0) is 6.61 Å². The molecule has 0 saturated heterocycles. The molecule has 3 aromatic rings. The zero-order valence-electron chi connectivity index (χ0n) is 15.2. The van der Waals surface area contributed by atoms with Gasteiger partial charge in [0.2, 0.25) is 11.7 Å². The Balaban J connectivity index is 1.61. The van der Waals surface area contributed by atoms with Crippen molar-refractivity contribution in [3.05, 3.63) is 65.8 Å². The van der Waals surface area contributed by atoms with Crippen molar-refractivity contribution in [2.24, 2.45) is 0 Å². The van der Waals surface area contributed by atoms with Crippen LogP contribution in [0.25, 0.3) is 0 Å². The van der Waals surface area contributed by atoms with E-state index < -0.39 is 17.8 Å². The van der Waals surface area contributed by atoms with Crippen molar-refractivity contribution in [1.82, 2.24) is 10.1 Å². The van der Waals surface area contributed by atoms with E-state index in [1.165, 1.54) is 6.07 Å². The maximum atomic E-state index is 12.5. The molecule has 0 bridgehead atoms. The minimum absolute atomic E-state index is 0.118. The van der Waals surface area contributed by atoms with Crippen LogP contribution in [0.1, 0.15) is 22.1 Å². The van der Waals surface area contributed by atoms with E-state index in [1.807, 2.05) is 0 Å².